The van der Waals surface area contributed by atoms with Gasteiger partial charge in [-0.2, -0.15) is 0 Å². The van der Waals surface area contributed by atoms with Gasteiger partial charge in [0.15, 0.2) is 6.10 Å². The van der Waals surface area contributed by atoms with Crippen molar-refractivity contribution in [3.63, 3.8) is 0 Å². The third-order valence-electron chi connectivity index (χ3n) is 5.74. The van der Waals surface area contributed by atoms with E-state index in [0.717, 1.165) is 41.9 Å². The summed E-state index contributed by atoms with van der Waals surface area (Å²) in [5.74, 6) is -1.06. The van der Waals surface area contributed by atoms with E-state index in [0.29, 0.717) is 11.3 Å². The number of ether oxygens (including phenoxy) is 1. The summed E-state index contributed by atoms with van der Waals surface area (Å²) in [6, 6.07) is 10.7. The summed E-state index contributed by atoms with van der Waals surface area (Å²) in [4.78, 5) is 39.5. The number of fused-ring (bicyclic) bond motifs is 3. The van der Waals surface area contributed by atoms with E-state index in [1.165, 1.54) is 6.92 Å². The number of hydrogen-bond donors (Lipinski definition) is 2. The van der Waals surface area contributed by atoms with Crippen molar-refractivity contribution in [1.29, 1.82) is 0 Å². The molecule has 1 fully saturated rings. The lowest BCUT2D eigenvalue weighted by atomic mass is 10.1. The van der Waals surface area contributed by atoms with E-state index in [1.807, 2.05) is 38.1 Å². The summed E-state index contributed by atoms with van der Waals surface area (Å²) < 4.78 is 5.38. The molecule has 2 aromatic rings. The van der Waals surface area contributed by atoms with Crippen LogP contribution >= 0.6 is 0 Å². The van der Waals surface area contributed by atoms with Crippen molar-refractivity contribution in [2.75, 3.05) is 22.1 Å². The maximum absolute atomic E-state index is 12.6. The first-order valence-corrected chi connectivity index (χ1v) is 10.1. The molecule has 2 aliphatic heterocycles. The van der Waals surface area contributed by atoms with Crippen LogP contribution < -0.4 is 15.5 Å². The van der Waals surface area contributed by atoms with Crippen LogP contribution in [0.3, 0.4) is 0 Å². The Morgan fingerprint density at radius 1 is 1.20 bits per heavy atom. The van der Waals surface area contributed by atoms with Crippen molar-refractivity contribution in [2.24, 2.45) is 0 Å². The van der Waals surface area contributed by atoms with E-state index in [-0.39, 0.29) is 11.9 Å². The first-order valence-electron chi connectivity index (χ1n) is 10.1. The Morgan fingerprint density at radius 2 is 1.93 bits per heavy atom. The molecule has 7 nitrogen and oxygen atoms in total. The quantitative estimate of drug-likeness (QED) is 0.759. The number of amides is 2. The normalized spacial score (nSPS) is 18.2. The lowest BCUT2D eigenvalue weighted by Gasteiger charge is -2.33. The maximum Gasteiger partial charge on any atom is 0.338 e. The number of aryl methyl sites for hydroxylation is 2. The van der Waals surface area contributed by atoms with Gasteiger partial charge in [0.2, 0.25) is 5.91 Å². The van der Waals surface area contributed by atoms with Crippen LogP contribution in [-0.2, 0) is 14.3 Å². The molecule has 2 heterocycles. The summed E-state index contributed by atoms with van der Waals surface area (Å²) in [6.45, 7) is 6.18. The molecule has 0 spiro atoms. The Hall–Kier alpha value is -3.35. The van der Waals surface area contributed by atoms with Crippen LogP contribution in [0.2, 0.25) is 0 Å². The minimum absolute atomic E-state index is 0.0492. The second-order valence-corrected chi connectivity index (χ2v) is 7.88. The predicted octanol–water partition coefficient (Wildman–Crippen LogP) is 3.41. The number of benzene rings is 2. The number of anilines is 3. The van der Waals surface area contributed by atoms with Gasteiger partial charge in [0.25, 0.3) is 5.91 Å². The molecular weight excluding hydrogens is 382 g/mol. The van der Waals surface area contributed by atoms with Crippen LogP contribution in [-0.4, -0.2) is 36.5 Å². The zero-order valence-electron chi connectivity index (χ0n) is 17.3. The highest BCUT2D eigenvalue weighted by Crippen LogP contribution is 2.37. The second kappa shape index (κ2) is 7.82. The highest BCUT2D eigenvalue weighted by atomic mass is 16.5. The van der Waals surface area contributed by atoms with Crippen molar-refractivity contribution in [3.8, 4) is 0 Å². The van der Waals surface area contributed by atoms with Gasteiger partial charge in [0.05, 0.1) is 16.9 Å². The zero-order chi connectivity index (χ0) is 21.4. The Bertz CT molecular complexity index is 1010. The summed E-state index contributed by atoms with van der Waals surface area (Å²) >= 11 is 0. The van der Waals surface area contributed by atoms with Crippen LogP contribution in [0.5, 0.6) is 0 Å². The zero-order valence-corrected chi connectivity index (χ0v) is 17.3. The van der Waals surface area contributed by atoms with E-state index in [9.17, 15) is 14.4 Å². The maximum atomic E-state index is 12.6. The Morgan fingerprint density at radius 3 is 2.67 bits per heavy atom. The fourth-order valence-corrected chi connectivity index (χ4v) is 4.08. The number of carbonyl (C=O) groups is 3. The number of esters is 1. The van der Waals surface area contributed by atoms with Gasteiger partial charge >= 0.3 is 5.97 Å². The number of nitrogens with one attached hydrogen (secondary N) is 2. The van der Waals surface area contributed by atoms with Crippen LogP contribution in [0.4, 0.5) is 17.1 Å². The molecule has 2 aromatic carbocycles. The molecule has 0 aromatic heterocycles. The van der Waals surface area contributed by atoms with E-state index in [2.05, 4.69) is 15.5 Å². The Kier molecular flexibility index (Phi) is 5.20. The van der Waals surface area contributed by atoms with E-state index in [1.54, 1.807) is 12.1 Å². The monoisotopic (exact) mass is 407 g/mol. The molecular formula is C23H25N3O4. The van der Waals surface area contributed by atoms with Gasteiger partial charge < -0.3 is 20.3 Å². The summed E-state index contributed by atoms with van der Waals surface area (Å²) in [5, 5.41) is 5.72. The van der Waals surface area contributed by atoms with Crippen molar-refractivity contribution >= 4 is 34.8 Å². The Balaban J connectivity index is 1.46. The lowest BCUT2D eigenvalue weighted by molar-refractivity contribution is -0.123. The first-order chi connectivity index (χ1) is 14.3. The van der Waals surface area contributed by atoms with E-state index in [4.69, 9.17) is 4.74 Å². The largest absolute Gasteiger partial charge is 0.449 e. The minimum Gasteiger partial charge on any atom is -0.449 e. The molecule has 0 unspecified atom stereocenters. The van der Waals surface area contributed by atoms with Gasteiger partial charge in [-0.15, -0.1) is 0 Å². The summed E-state index contributed by atoms with van der Waals surface area (Å²) in [7, 11) is 0. The molecule has 7 heteroatoms. The Labute approximate surface area is 175 Å². The summed E-state index contributed by atoms with van der Waals surface area (Å²) in [5.41, 5.74) is 4.40. The summed E-state index contributed by atoms with van der Waals surface area (Å²) in [6.07, 6.45) is 0.834. The number of nitrogens with zero attached hydrogens (tertiary/aromatic N) is 1. The fraction of sp³-hybridized carbons (Fsp3) is 0.348. The second-order valence-electron chi connectivity index (χ2n) is 7.88. The van der Waals surface area contributed by atoms with Crippen molar-refractivity contribution in [1.82, 2.24) is 0 Å². The molecule has 30 heavy (non-hydrogen) atoms. The molecule has 0 radical (unpaired) electrons. The van der Waals surface area contributed by atoms with Gasteiger partial charge in [-0.25, -0.2) is 4.79 Å². The standard InChI is InChI=1S/C23H25N3O4/c1-13-6-4-7-14(2)20(13)25-21(27)15(3)30-23(29)16-9-10-18-17(12-16)24-22(28)19-8-5-11-26(18)19/h4,6-7,9-10,12,15,19H,5,8,11H2,1-3H3,(H,24,28)(H,25,27)/t15-,19-/m0/s1. The predicted molar refractivity (Wildman–Crippen MR) is 115 cm³/mol. The molecule has 4 rings (SSSR count). The number of rotatable bonds is 4. The molecule has 0 aliphatic carbocycles. The molecule has 1 saturated heterocycles. The van der Waals surface area contributed by atoms with Gasteiger partial charge in [0, 0.05) is 12.2 Å². The molecule has 2 N–H and O–H groups in total. The third kappa shape index (κ3) is 3.63. The van der Waals surface area contributed by atoms with Crippen LogP contribution in [0.1, 0.15) is 41.3 Å². The van der Waals surface area contributed by atoms with Crippen molar-refractivity contribution < 1.29 is 19.1 Å². The average Bonchev–Trinajstić information content (AvgIpc) is 3.21. The van der Waals surface area contributed by atoms with Crippen LogP contribution in [0.15, 0.2) is 36.4 Å². The van der Waals surface area contributed by atoms with E-state index >= 15 is 0 Å². The van der Waals surface area contributed by atoms with Gasteiger partial charge in [-0.1, -0.05) is 18.2 Å². The highest BCUT2D eigenvalue weighted by Gasteiger charge is 2.36. The van der Waals surface area contributed by atoms with Crippen LogP contribution in [0, 0.1) is 13.8 Å². The van der Waals surface area contributed by atoms with Crippen molar-refractivity contribution in [2.45, 2.75) is 45.8 Å². The third-order valence-corrected chi connectivity index (χ3v) is 5.74. The van der Waals surface area contributed by atoms with E-state index < -0.39 is 18.0 Å². The number of carbonyl (C=O) groups excluding carboxylic acids is 3. The van der Waals surface area contributed by atoms with Crippen LogP contribution in [0.25, 0.3) is 0 Å². The topological polar surface area (TPSA) is 87.7 Å². The molecule has 2 amide bonds. The average molecular weight is 407 g/mol. The van der Waals surface area contributed by atoms with Gasteiger partial charge in [0.1, 0.15) is 6.04 Å². The minimum atomic E-state index is -0.968. The highest BCUT2D eigenvalue weighted by molar-refractivity contribution is 6.06. The molecule has 2 atom stereocenters. The first kappa shape index (κ1) is 19.9. The molecule has 0 bridgehead atoms. The molecule has 0 saturated carbocycles. The number of hydrogen-bond acceptors (Lipinski definition) is 5. The van der Waals surface area contributed by atoms with Crippen molar-refractivity contribution in [3.05, 3.63) is 53.1 Å². The number of para-hydroxylation sites is 1. The molecule has 156 valence electrons. The van der Waals surface area contributed by atoms with Gasteiger partial charge in [-0.3, -0.25) is 9.59 Å². The SMILES string of the molecule is Cc1cccc(C)c1NC(=O)[C@H](C)OC(=O)c1ccc2c(c1)NC(=O)[C@@H]1CCCN21. The lowest BCUT2D eigenvalue weighted by Crippen LogP contribution is -2.43. The van der Waals surface area contributed by atoms with Gasteiger partial charge in [-0.05, 0) is 62.9 Å². The fourth-order valence-electron chi connectivity index (χ4n) is 4.08. The molecule has 2 aliphatic rings. The smallest absolute Gasteiger partial charge is 0.338 e.